The second kappa shape index (κ2) is 7.47. The molecule has 24 heavy (non-hydrogen) atoms. The molecular weight excluding hydrogens is 300 g/mol. The van der Waals surface area contributed by atoms with E-state index in [-0.39, 0.29) is 11.8 Å². The van der Waals surface area contributed by atoms with Crippen LogP contribution < -0.4 is 10.1 Å². The van der Waals surface area contributed by atoms with E-state index in [4.69, 9.17) is 4.74 Å². The Kier molecular flexibility index (Phi) is 5.14. The second-order valence-electron chi connectivity index (χ2n) is 6.30. The smallest absolute Gasteiger partial charge is 0.227 e. The number of nitrogens with zero attached hydrogens (tertiary/aromatic N) is 1. The minimum absolute atomic E-state index is 0.0441. The Labute approximate surface area is 143 Å². The number of rotatable bonds is 7. The Balaban J connectivity index is 1.70. The Morgan fingerprint density at radius 3 is 2.71 bits per heavy atom. The van der Waals surface area contributed by atoms with Gasteiger partial charge in [0.1, 0.15) is 0 Å². The van der Waals surface area contributed by atoms with Gasteiger partial charge in [-0.3, -0.25) is 4.79 Å². The van der Waals surface area contributed by atoms with Crippen LogP contribution in [0.3, 0.4) is 0 Å². The number of carbonyl (C=O) groups is 1. The van der Waals surface area contributed by atoms with E-state index in [0.717, 1.165) is 17.5 Å². The van der Waals surface area contributed by atoms with Gasteiger partial charge < -0.3 is 10.1 Å². The van der Waals surface area contributed by atoms with Crippen LogP contribution in [0, 0.1) is 0 Å². The second-order valence-corrected chi connectivity index (χ2v) is 6.30. The number of pyridine rings is 1. The fraction of sp³-hybridized carbons (Fsp3) is 0.400. The number of amides is 1. The van der Waals surface area contributed by atoms with Crippen molar-refractivity contribution in [3.63, 3.8) is 0 Å². The number of hydrogen-bond donors (Lipinski definition) is 1. The lowest BCUT2D eigenvalue weighted by Gasteiger charge is -2.16. The van der Waals surface area contributed by atoms with E-state index in [1.54, 1.807) is 7.11 Å². The molecule has 1 aliphatic carbocycles. The molecule has 1 fully saturated rings. The Bertz CT molecular complexity index is 696. The fourth-order valence-corrected chi connectivity index (χ4v) is 3.03. The summed E-state index contributed by atoms with van der Waals surface area (Å²) in [5.74, 6) is 1.14. The van der Waals surface area contributed by atoms with Gasteiger partial charge in [-0.15, -0.1) is 0 Å². The molecule has 1 N–H and O–H groups in total. The van der Waals surface area contributed by atoms with Crippen LogP contribution in [0.25, 0.3) is 0 Å². The van der Waals surface area contributed by atoms with Crippen LogP contribution in [0.4, 0.5) is 0 Å². The van der Waals surface area contributed by atoms with E-state index in [9.17, 15) is 4.79 Å². The zero-order chi connectivity index (χ0) is 16.9. The molecule has 0 saturated heterocycles. The molecule has 0 spiro atoms. The first-order valence-corrected chi connectivity index (χ1v) is 8.58. The fourth-order valence-electron chi connectivity index (χ4n) is 3.03. The van der Waals surface area contributed by atoms with E-state index in [0.29, 0.717) is 18.3 Å². The van der Waals surface area contributed by atoms with Crippen molar-refractivity contribution >= 4 is 5.91 Å². The Morgan fingerprint density at radius 2 is 2.08 bits per heavy atom. The van der Waals surface area contributed by atoms with Crippen LogP contribution in [0.1, 0.15) is 54.7 Å². The first-order valence-electron chi connectivity index (χ1n) is 8.58. The summed E-state index contributed by atoms with van der Waals surface area (Å²) in [4.78, 5) is 17.0. The van der Waals surface area contributed by atoms with Crippen molar-refractivity contribution in [3.8, 4) is 5.88 Å². The van der Waals surface area contributed by atoms with Crippen molar-refractivity contribution in [1.29, 1.82) is 0 Å². The van der Waals surface area contributed by atoms with Gasteiger partial charge in [-0.25, -0.2) is 4.98 Å². The average molecular weight is 324 g/mol. The molecule has 3 rings (SSSR count). The SMILES string of the molecule is CCC(C(=O)NCc1cc(C2CC2)cnc1OC)c1ccccc1. The molecule has 1 aliphatic rings. The van der Waals surface area contributed by atoms with Gasteiger partial charge >= 0.3 is 0 Å². The quantitative estimate of drug-likeness (QED) is 0.843. The molecule has 1 saturated carbocycles. The van der Waals surface area contributed by atoms with E-state index in [1.807, 2.05) is 43.5 Å². The van der Waals surface area contributed by atoms with Crippen LogP contribution in [-0.4, -0.2) is 18.0 Å². The minimum Gasteiger partial charge on any atom is -0.481 e. The summed E-state index contributed by atoms with van der Waals surface area (Å²) in [6.45, 7) is 2.48. The highest BCUT2D eigenvalue weighted by atomic mass is 16.5. The van der Waals surface area contributed by atoms with E-state index < -0.39 is 0 Å². The monoisotopic (exact) mass is 324 g/mol. The first-order chi connectivity index (χ1) is 11.7. The topological polar surface area (TPSA) is 51.2 Å². The van der Waals surface area contributed by atoms with Gasteiger partial charge in [0.05, 0.1) is 13.0 Å². The van der Waals surface area contributed by atoms with Crippen LogP contribution in [-0.2, 0) is 11.3 Å². The zero-order valence-electron chi connectivity index (χ0n) is 14.3. The van der Waals surface area contributed by atoms with E-state index >= 15 is 0 Å². The summed E-state index contributed by atoms with van der Waals surface area (Å²) < 4.78 is 5.34. The summed E-state index contributed by atoms with van der Waals surface area (Å²) in [7, 11) is 1.61. The van der Waals surface area contributed by atoms with Gasteiger partial charge in [-0.05, 0) is 42.4 Å². The maximum Gasteiger partial charge on any atom is 0.227 e. The summed E-state index contributed by atoms with van der Waals surface area (Å²) >= 11 is 0. The Hall–Kier alpha value is -2.36. The zero-order valence-corrected chi connectivity index (χ0v) is 14.3. The number of hydrogen-bond acceptors (Lipinski definition) is 3. The number of nitrogens with one attached hydrogen (secondary N) is 1. The molecule has 0 aliphatic heterocycles. The van der Waals surface area contributed by atoms with Gasteiger partial charge in [-0.1, -0.05) is 37.3 Å². The third-order valence-electron chi connectivity index (χ3n) is 4.57. The third kappa shape index (κ3) is 3.75. The largest absolute Gasteiger partial charge is 0.481 e. The molecule has 1 aromatic carbocycles. The number of ether oxygens (including phenoxy) is 1. The Morgan fingerprint density at radius 1 is 1.33 bits per heavy atom. The van der Waals surface area contributed by atoms with Gasteiger partial charge in [0, 0.05) is 18.3 Å². The molecule has 2 aromatic rings. The molecule has 0 radical (unpaired) electrons. The molecule has 1 atom stereocenters. The van der Waals surface area contributed by atoms with Gasteiger partial charge in [-0.2, -0.15) is 0 Å². The molecule has 1 heterocycles. The van der Waals surface area contributed by atoms with Gasteiger partial charge in [0.2, 0.25) is 11.8 Å². The highest BCUT2D eigenvalue weighted by molar-refractivity contribution is 5.83. The number of aromatic nitrogens is 1. The van der Waals surface area contributed by atoms with Crippen molar-refractivity contribution in [3.05, 3.63) is 59.3 Å². The predicted molar refractivity (Wildman–Crippen MR) is 94.1 cm³/mol. The maximum absolute atomic E-state index is 12.6. The molecular formula is C20H24N2O2. The van der Waals surface area contributed by atoms with E-state index in [1.165, 1.54) is 18.4 Å². The summed E-state index contributed by atoms with van der Waals surface area (Å²) in [5.41, 5.74) is 3.24. The van der Waals surface area contributed by atoms with Crippen LogP contribution in [0.2, 0.25) is 0 Å². The van der Waals surface area contributed by atoms with Crippen LogP contribution in [0.5, 0.6) is 5.88 Å². The average Bonchev–Trinajstić information content (AvgIpc) is 3.46. The highest BCUT2D eigenvalue weighted by Gasteiger charge is 2.25. The molecule has 1 unspecified atom stereocenters. The predicted octanol–water partition coefficient (Wildman–Crippen LogP) is 3.78. The lowest BCUT2D eigenvalue weighted by Crippen LogP contribution is -2.29. The van der Waals surface area contributed by atoms with Crippen molar-refractivity contribution in [1.82, 2.24) is 10.3 Å². The molecule has 4 heteroatoms. The van der Waals surface area contributed by atoms with Crippen LogP contribution >= 0.6 is 0 Å². The molecule has 4 nitrogen and oxygen atoms in total. The van der Waals surface area contributed by atoms with Gasteiger partial charge in [0.25, 0.3) is 0 Å². The first kappa shape index (κ1) is 16.5. The lowest BCUT2D eigenvalue weighted by molar-refractivity contribution is -0.122. The van der Waals surface area contributed by atoms with E-state index in [2.05, 4.69) is 16.4 Å². The highest BCUT2D eigenvalue weighted by Crippen LogP contribution is 2.40. The summed E-state index contributed by atoms with van der Waals surface area (Å²) in [5, 5.41) is 3.05. The van der Waals surface area contributed by atoms with Gasteiger partial charge in [0.15, 0.2) is 0 Å². The maximum atomic E-state index is 12.6. The molecule has 1 amide bonds. The van der Waals surface area contributed by atoms with Crippen molar-refractivity contribution in [2.75, 3.05) is 7.11 Å². The minimum atomic E-state index is -0.128. The molecule has 0 bridgehead atoms. The standard InChI is InChI=1S/C20H24N2O2/c1-3-18(15-7-5-4-6-8-15)19(23)21-13-17-11-16(14-9-10-14)12-22-20(17)24-2/h4-8,11-12,14,18H,3,9-10,13H2,1-2H3,(H,21,23). The van der Waals surface area contributed by atoms with Crippen molar-refractivity contribution in [2.24, 2.45) is 0 Å². The molecule has 126 valence electrons. The van der Waals surface area contributed by atoms with Crippen molar-refractivity contribution in [2.45, 2.75) is 44.6 Å². The molecule has 1 aromatic heterocycles. The summed E-state index contributed by atoms with van der Waals surface area (Å²) in [6, 6.07) is 12.0. The number of benzene rings is 1. The lowest BCUT2D eigenvalue weighted by atomic mass is 9.95. The summed E-state index contributed by atoms with van der Waals surface area (Å²) in [6.07, 6.45) is 5.12. The number of methoxy groups -OCH3 is 1. The third-order valence-corrected chi connectivity index (χ3v) is 4.57. The van der Waals surface area contributed by atoms with Crippen molar-refractivity contribution < 1.29 is 9.53 Å². The normalized spacial score (nSPS) is 14.9. The van der Waals surface area contributed by atoms with Crippen LogP contribution in [0.15, 0.2) is 42.6 Å². The number of carbonyl (C=O) groups excluding carboxylic acids is 1.